The minimum absolute atomic E-state index is 0.220. The summed E-state index contributed by atoms with van der Waals surface area (Å²) in [6.45, 7) is 0. The van der Waals surface area contributed by atoms with Gasteiger partial charge in [0.25, 0.3) is 11.8 Å². The van der Waals surface area contributed by atoms with E-state index in [4.69, 9.17) is 0 Å². The second kappa shape index (κ2) is 4.32. The van der Waals surface area contributed by atoms with E-state index < -0.39 is 0 Å². The predicted octanol–water partition coefficient (Wildman–Crippen LogP) is 3.72. The molecule has 24 heavy (non-hydrogen) atoms. The Hall–Kier alpha value is -3.40. The lowest BCUT2D eigenvalue weighted by atomic mass is 9.93. The van der Waals surface area contributed by atoms with Crippen LogP contribution in [0.1, 0.15) is 0 Å². The molecule has 114 valence electrons. The Labute approximate surface area is 136 Å². The molecule has 0 unspecified atom stereocenters. The number of rotatable bonds is 1. The third kappa shape index (κ3) is 1.52. The maximum absolute atomic E-state index is 12.1. The van der Waals surface area contributed by atoms with Gasteiger partial charge >= 0.3 is 0 Å². The third-order valence-corrected chi connectivity index (χ3v) is 4.67. The van der Waals surface area contributed by atoms with Crippen molar-refractivity contribution >= 4 is 49.8 Å². The second-order valence-electron chi connectivity index (χ2n) is 5.94. The number of anilines is 1. The van der Waals surface area contributed by atoms with Gasteiger partial charge in [-0.1, -0.05) is 36.4 Å². The Kier molecular flexibility index (Phi) is 2.36. The van der Waals surface area contributed by atoms with Gasteiger partial charge in [-0.2, -0.15) is 0 Å². The van der Waals surface area contributed by atoms with E-state index in [1.165, 1.54) is 17.1 Å². The largest absolute Gasteiger partial charge is 0.507 e. The third-order valence-electron chi connectivity index (χ3n) is 4.67. The lowest BCUT2D eigenvalue weighted by molar-refractivity contribution is -0.119. The summed E-state index contributed by atoms with van der Waals surface area (Å²) in [5, 5.41) is 15.7. The monoisotopic (exact) mass is 313 g/mol. The van der Waals surface area contributed by atoms with E-state index in [0.29, 0.717) is 5.69 Å². The van der Waals surface area contributed by atoms with Gasteiger partial charge in [0.15, 0.2) is 0 Å². The van der Waals surface area contributed by atoms with E-state index in [1.54, 1.807) is 12.1 Å². The number of aromatic hydroxyl groups is 1. The van der Waals surface area contributed by atoms with Gasteiger partial charge in [0.05, 0.1) is 5.69 Å². The van der Waals surface area contributed by atoms with Crippen molar-refractivity contribution < 1.29 is 14.7 Å². The van der Waals surface area contributed by atoms with Crippen LogP contribution in [0.4, 0.5) is 5.69 Å². The highest BCUT2D eigenvalue weighted by Gasteiger charge is 2.27. The first-order valence-electron chi connectivity index (χ1n) is 7.61. The zero-order valence-electron chi connectivity index (χ0n) is 12.5. The van der Waals surface area contributed by atoms with Crippen molar-refractivity contribution in [2.75, 3.05) is 4.90 Å². The van der Waals surface area contributed by atoms with Crippen LogP contribution in [0.15, 0.2) is 60.7 Å². The summed E-state index contributed by atoms with van der Waals surface area (Å²) < 4.78 is 0. The molecule has 0 saturated carbocycles. The Morgan fingerprint density at radius 2 is 1.21 bits per heavy atom. The highest BCUT2D eigenvalue weighted by molar-refractivity contribution is 6.33. The van der Waals surface area contributed by atoms with Crippen molar-refractivity contribution in [2.24, 2.45) is 0 Å². The number of carbonyl (C=O) groups is 2. The van der Waals surface area contributed by atoms with E-state index in [-0.39, 0.29) is 17.6 Å². The molecule has 0 aliphatic carbocycles. The van der Waals surface area contributed by atoms with Gasteiger partial charge in [0, 0.05) is 28.3 Å². The van der Waals surface area contributed by atoms with Gasteiger partial charge in [0.2, 0.25) is 0 Å². The van der Waals surface area contributed by atoms with Gasteiger partial charge < -0.3 is 5.11 Å². The molecule has 4 aromatic carbocycles. The molecule has 0 saturated heterocycles. The zero-order chi connectivity index (χ0) is 16.4. The highest BCUT2D eigenvalue weighted by Crippen LogP contribution is 2.41. The van der Waals surface area contributed by atoms with Crippen LogP contribution in [0.5, 0.6) is 5.75 Å². The number of hydrogen-bond donors (Lipinski definition) is 1. The van der Waals surface area contributed by atoms with Crippen molar-refractivity contribution in [3.05, 3.63) is 60.7 Å². The fraction of sp³-hybridized carbons (Fsp3) is 0. The van der Waals surface area contributed by atoms with Gasteiger partial charge in [-0.3, -0.25) is 9.59 Å². The van der Waals surface area contributed by atoms with Crippen LogP contribution in [-0.2, 0) is 9.59 Å². The van der Waals surface area contributed by atoms with Crippen LogP contribution in [0.2, 0.25) is 0 Å². The van der Waals surface area contributed by atoms with Gasteiger partial charge in [-0.25, -0.2) is 4.90 Å². The molecule has 0 fully saturated rings. The Morgan fingerprint density at radius 3 is 1.92 bits per heavy atom. The summed E-state index contributed by atoms with van der Waals surface area (Å²) >= 11 is 0. The quantitative estimate of drug-likeness (QED) is 0.430. The maximum atomic E-state index is 12.1. The summed E-state index contributed by atoms with van der Waals surface area (Å²) in [7, 11) is 0. The molecule has 0 bridgehead atoms. The van der Waals surface area contributed by atoms with Crippen LogP contribution in [0.3, 0.4) is 0 Å². The molecule has 1 aliphatic heterocycles. The summed E-state index contributed by atoms with van der Waals surface area (Å²) in [4.78, 5) is 25.3. The normalized spacial score (nSPS) is 14.8. The Bertz CT molecular complexity index is 1190. The smallest absolute Gasteiger partial charge is 0.258 e. The SMILES string of the molecule is O=C1C=CC(=O)N1c1ccc2ccc3c(O)ccc4ccc1c2c43. The molecular weight excluding hydrogens is 302 g/mol. The first-order valence-corrected chi connectivity index (χ1v) is 7.61. The molecule has 5 rings (SSSR count). The molecule has 0 radical (unpaired) electrons. The topological polar surface area (TPSA) is 57.6 Å². The molecule has 1 aliphatic rings. The van der Waals surface area contributed by atoms with Gasteiger partial charge in [-0.05, 0) is 28.3 Å². The molecule has 4 aromatic rings. The maximum Gasteiger partial charge on any atom is 0.258 e. The summed E-state index contributed by atoms with van der Waals surface area (Å²) in [6.07, 6.45) is 2.57. The number of phenols is 1. The minimum Gasteiger partial charge on any atom is -0.507 e. The minimum atomic E-state index is -0.335. The molecule has 1 N–H and O–H groups in total. The number of carbonyl (C=O) groups excluding carboxylic acids is 2. The fourth-order valence-electron chi connectivity index (χ4n) is 3.60. The van der Waals surface area contributed by atoms with E-state index >= 15 is 0 Å². The standard InChI is InChI=1S/C20H11NO3/c22-16-8-4-12-1-5-13-15(21-17(23)9-10-18(21)24)7-3-11-2-6-14(16)20(12)19(11)13/h1-10,22H. The summed E-state index contributed by atoms with van der Waals surface area (Å²) in [5.74, 6) is -0.451. The highest BCUT2D eigenvalue weighted by atomic mass is 16.3. The van der Waals surface area contributed by atoms with Crippen molar-refractivity contribution in [3.63, 3.8) is 0 Å². The molecule has 2 amide bonds. The van der Waals surface area contributed by atoms with Crippen molar-refractivity contribution in [1.82, 2.24) is 0 Å². The van der Waals surface area contributed by atoms with Crippen molar-refractivity contribution in [2.45, 2.75) is 0 Å². The van der Waals surface area contributed by atoms with E-state index in [0.717, 1.165) is 32.3 Å². The van der Waals surface area contributed by atoms with Crippen LogP contribution < -0.4 is 4.90 Å². The lowest BCUT2D eigenvalue weighted by Gasteiger charge is -2.19. The van der Waals surface area contributed by atoms with Crippen LogP contribution in [0, 0.1) is 0 Å². The average molecular weight is 313 g/mol. The second-order valence-corrected chi connectivity index (χ2v) is 5.94. The summed E-state index contributed by atoms with van der Waals surface area (Å²) in [5.41, 5.74) is 0.570. The average Bonchev–Trinajstić information content (AvgIpc) is 2.93. The fourth-order valence-corrected chi connectivity index (χ4v) is 3.60. The number of hydrogen-bond acceptors (Lipinski definition) is 3. The number of imide groups is 1. The van der Waals surface area contributed by atoms with E-state index in [9.17, 15) is 14.7 Å². The summed E-state index contributed by atoms with van der Waals surface area (Å²) in [6, 6.07) is 15.0. The molecule has 1 heterocycles. The first kappa shape index (κ1) is 13.1. The van der Waals surface area contributed by atoms with Crippen LogP contribution >= 0.6 is 0 Å². The molecular formula is C20H11NO3. The molecule has 0 aromatic heterocycles. The number of amides is 2. The van der Waals surface area contributed by atoms with Crippen molar-refractivity contribution in [1.29, 1.82) is 0 Å². The number of nitrogens with zero attached hydrogens (tertiary/aromatic N) is 1. The Morgan fingerprint density at radius 1 is 0.667 bits per heavy atom. The predicted molar refractivity (Wildman–Crippen MR) is 93.4 cm³/mol. The van der Waals surface area contributed by atoms with E-state index in [1.807, 2.05) is 36.4 Å². The number of benzene rings is 4. The molecule has 4 heteroatoms. The van der Waals surface area contributed by atoms with Crippen molar-refractivity contribution in [3.8, 4) is 5.75 Å². The molecule has 0 atom stereocenters. The zero-order valence-corrected chi connectivity index (χ0v) is 12.5. The van der Waals surface area contributed by atoms with Crippen LogP contribution in [0.25, 0.3) is 32.3 Å². The first-order chi connectivity index (χ1) is 11.6. The molecule has 0 spiro atoms. The lowest BCUT2D eigenvalue weighted by Crippen LogP contribution is -2.29. The van der Waals surface area contributed by atoms with Gasteiger partial charge in [0.1, 0.15) is 5.75 Å². The van der Waals surface area contributed by atoms with Crippen LogP contribution in [-0.4, -0.2) is 16.9 Å². The Balaban J connectivity index is 1.96. The van der Waals surface area contributed by atoms with Gasteiger partial charge in [-0.15, -0.1) is 0 Å². The molecule has 4 nitrogen and oxygen atoms in total. The van der Waals surface area contributed by atoms with E-state index in [2.05, 4.69) is 0 Å². The number of phenolic OH excluding ortho intramolecular Hbond substituents is 1.